The Morgan fingerprint density at radius 3 is 1.42 bits per heavy atom. The SMILES string of the molecule is Cc1ccc2c(c1)C(C)(C)c1cc(N(c3ccc(-c4ccccc4-c4ccc(C5CCCCC5)cc4)cc3)c3ccc(C4CCCCC4)cc3)ccc1-2. The summed E-state index contributed by atoms with van der Waals surface area (Å²) < 4.78 is 0. The quantitative estimate of drug-likeness (QED) is 0.161. The molecule has 0 aromatic heterocycles. The van der Waals surface area contributed by atoms with Gasteiger partial charge in [0.1, 0.15) is 0 Å². The maximum Gasteiger partial charge on any atom is 0.0465 e. The predicted molar refractivity (Wildman–Crippen MR) is 226 cm³/mol. The van der Waals surface area contributed by atoms with E-state index in [0.29, 0.717) is 5.92 Å². The third kappa shape index (κ3) is 6.43. The molecule has 6 aromatic carbocycles. The molecule has 3 aliphatic rings. The summed E-state index contributed by atoms with van der Waals surface area (Å²) in [6.07, 6.45) is 13.5. The van der Waals surface area contributed by atoms with Crippen molar-refractivity contribution < 1.29 is 0 Å². The number of benzene rings is 6. The molecule has 0 spiro atoms. The Morgan fingerprint density at radius 2 is 0.868 bits per heavy atom. The van der Waals surface area contributed by atoms with Crippen molar-refractivity contribution in [1.82, 2.24) is 0 Å². The van der Waals surface area contributed by atoms with Gasteiger partial charge >= 0.3 is 0 Å². The second kappa shape index (κ2) is 14.2. The van der Waals surface area contributed by atoms with Gasteiger partial charge in [0.15, 0.2) is 0 Å². The lowest BCUT2D eigenvalue weighted by atomic mass is 9.82. The van der Waals surface area contributed by atoms with Crippen molar-refractivity contribution >= 4 is 17.1 Å². The number of nitrogens with zero attached hydrogens (tertiary/aromatic N) is 1. The van der Waals surface area contributed by atoms with E-state index in [-0.39, 0.29) is 5.41 Å². The van der Waals surface area contributed by atoms with Crippen LogP contribution >= 0.6 is 0 Å². The fraction of sp³-hybridized carbons (Fsp3) is 0.308. The van der Waals surface area contributed by atoms with Crippen LogP contribution in [0.5, 0.6) is 0 Å². The van der Waals surface area contributed by atoms with Gasteiger partial charge in [-0.25, -0.2) is 0 Å². The van der Waals surface area contributed by atoms with Gasteiger partial charge in [-0.1, -0.05) is 155 Å². The van der Waals surface area contributed by atoms with Crippen LogP contribution in [0.1, 0.15) is 118 Å². The Kier molecular flexibility index (Phi) is 9.07. The predicted octanol–water partition coefficient (Wildman–Crippen LogP) is 15.2. The second-order valence-electron chi connectivity index (χ2n) is 16.7. The molecule has 0 N–H and O–H groups in total. The van der Waals surface area contributed by atoms with Crippen molar-refractivity contribution in [2.75, 3.05) is 4.90 Å². The zero-order chi connectivity index (χ0) is 35.9. The van der Waals surface area contributed by atoms with E-state index in [1.165, 1.54) is 142 Å². The van der Waals surface area contributed by atoms with Crippen LogP contribution in [0.4, 0.5) is 17.1 Å². The fourth-order valence-corrected chi connectivity index (χ4v) is 9.90. The van der Waals surface area contributed by atoms with Crippen LogP contribution < -0.4 is 4.90 Å². The number of rotatable bonds is 7. The van der Waals surface area contributed by atoms with Crippen molar-refractivity contribution in [3.63, 3.8) is 0 Å². The fourth-order valence-electron chi connectivity index (χ4n) is 9.90. The van der Waals surface area contributed by atoms with E-state index in [4.69, 9.17) is 0 Å². The van der Waals surface area contributed by atoms with Crippen molar-refractivity contribution in [2.45, 2.75) is 102 Å². The van der Waals surface area contributed by atoms with Crippen LogP contribution in [-0.4, -0.2) is 0 Å². The Morgan fingerprint density at radius 1 is 0.434 bits per heavy atom. The first-order chi connectivity index (χ1) is 25.9. The highest BCUT2D eigenvalue weighted by Gasteiger charge is 2.36. The average molecular weight is 692 g/mol. The molecule has 0 heterocycles. The minimum atomic E-state index is -0.0641. The number of hydrogen-bond acceptors (Lipinski definition) is 1. The maximum atomic E-state index is 2.47. The number of aryl methyl sites for hydroxylation is 1. The summed E-state index contributed by atoms with van der Waals surface area (Å²) >= 11 is 0. The van der Waals surface area contributed by atoms with E-state index in [2.05, 4.69) is 159 Å². The normalized spacial score (nSPS) is 17.0. The standard InChI is InChI=1S/C52H53N/c1-36-18-32-48-49-33-31-45(35-51(49)52(2,3)50(48)34-36)53(43-27-23-40(24-28-43)38-14-8-5-9-15-38)44-29-25-42(26-30-44)47-17-11-10-16-46(47)41-21-19-39(20-22-41)37-12-6-4-7-13-37/h10-11,16-35,37-38H,4-9,12-15H2,1-3H3. The molecule has 2 fully saturated rings. The average Bonchev–Trinajstić information content (AvgIpc) is 3.44. The number of anilines is 3. The lowest BCUT2D eigenvalue weighted by Gasteiger charge is -2.29. The molecule has 0 amide bonds. The van der Waals surface area contributed by atoms with Crippen molar-refractivity contribution in [2.24, 2.45) is 0 Å². The van der Waals surface area contributed by atoms with Gasteiger partial charge in [-0.3, -0.25) is 0 Å². The molecular formula is C52H53N. The molecule has 1 heteroatoms. The van der Waals surface area contributed by atoms with Gasteiger partial charge in [0, 0.05) is 22.5 Å². The third-order valence-electron chi connectivity index (χ3n) is 13.0. The Bertz CT molecular complexity index is 2210. The summed E-state index contributed by atoms with van der Waals surface area (Å²) in [6.45, 7) is 6.99. The Hall–Kier alpha value is -4.88. The summed E-state index contributed by atoms with van der Waals surface area (Å²) in [7, 11) is 0. The third-order valence-corrected chi connectivity index (χ3v) is 13.0. The highest BCUT2D eigenvalue weighted by Crippen LogP contribution is 2.51. The van der Waals surface area contributed by atoms with Crippen LogP contribution in [-0.2, 0) is 5.41 Å². The smallest absolute Gasteiger partial charge is 0.0465 e. The molecule has 266 valence electrons. The second-order valence-corrected chi connectivity index (χ2v) is 16.7. The summed E-state index contributed by atoms with van der Waals surface area (Å²) in [6, 6.07) is 51.3. The first kappa shape index (κ1) is 33.9. The molecule has 0 bridgehead atoms. The Balaban J connectivity index is 1.08. The van der Waals surface area contributed by atoms with E-state index in [1.807, 2.05) is 0 Å². The molecule has 53 heavy (non-hydrogen) atoms. The van der Waals surface area contributed by atoms with Gasteiger partial charge in [0.25, 0.3) is 0 Å². The van der Waals surface area contributed by atoms with Crippen LogP contribution in [0.3, 0.4) is 0 Å². The first-order valence-electron chi connectivity index (χ1n) is 20.4. The topological polar surface area (TPSA) is 3.24 Å². The molecule has 0 atom stereocenters. The molecule has 9 rings (SSSR count). The molecule has 2 saturated carbocycles. The number of hydrogen-bond donors (Lipinski definition) is 0. The molecule has 0 aliphatic heterocycles. The van der Waals surface area contributed by atoms with Crippen molar-refractivity contribution in [3.8, 4) is 33.4 Å². The monoisotopic (exact) mass is 691 g/mol. The van der Waals surface area contributed by atoms with Crippen LogP contribution in [0.25, 0.3) is 33.4 Å². The molecule has 1 nitrogen and oxygen atoms in total. The minimum absolute atomic E-state index is 0.0641. The van der Waals surface area contributed by atoms with Crippen LogP contribution in [0, 0.1) is 6.92 Å². The summed E-state index contributed by atoms with van der Waals surface area (Å²) in [4.78, 5) is 2.47. The lowest BCUT2D eigenvalue weighted by molar-refractivity contribution is 0.443. The van der Waals surface area contributed by atoms with Crippen molar-refractivity contribution in [3.05, 3.63) is 161 Å². The zero-order valence-electron chi connectivity index (χ0n) is 31.9. The maximum absolute atomic E-state index is 2.47. The van der Waals surface area contributed by atoms with E-state index in [9.17, 15) is 0 Å². The molecule has 0 unspecified atom stereocenters. The summed E-state index contributed by atoms with van der Waals surface area (Å²) in [5.74, 6) is 1.42. The van der Waals surface area contributed by atoms with E-state index in [1.54, 1.807) is 0 Å². The van der Waals surface area contributed by atoms with Gasteiger partial charge in [-0.05, 0) is 136 Å². The molecule has 6 aromatic rings. The van der Waals surface area contributed by atoms with E-state index < -0.39 is 0 Å². The minimum Gasteiger partial charge on any atom is -0.310 e. The van der Waals surface area contributed by atoms with E-state index in [0.717, 1.165) is 5.92 Å². The van der Waals surface area contributed by atoms with Crippen LogP contribution in [0.15, 0.2) is 133 Å². The van der Waals surface area contributed by atoms with Crippen LogP contribution in [0.2, 0.25) is 0 Å². The zero-order valence-corrected chi connectivity index (χ0v) is 31.9. The van der Waals surface area contributed by atoms with Gasteiger partial charge < -0.3 is 4.90 Å². The summed E-state index contributed by atoms with van der Waals surface area (Å²) in [5.41, 5.74) is 18.5. The highest BCUT2D eigenvalue weighted by molar-refractivity contribution is 5.87. The highest BCUT2D eigenvalue weighted by atomic mass is 15.1. The molecular weight excluding hydrogens is 639 g/mol. The Labute approximate surface area is 317 Å². The van der Waals surface area contributed by atoms with Gasteiger partial charge in [-0.2, -0.15) is 0 Å². The number of fused-ring (bicyclic) bond motifs is 3. The molecule has 3 aliphatic carbocycles. The van der Waals surface area contributed by atoms with Gasteiger partial charge in [-0.15, -0.1) is 0 Å². The van der Waals surface area contributed by atoms with Gasteiger partial charge in [0.05, 0.1) is 0 Å². The largest absolute Gasteiger partial charge is 0.310 e. The lowest BCUT2D eigenvalue weighted by Crippen LogP contribution is -2.16. The first-order valence-corrected chi connectivity index (χ1v) is 20.4. The van der Waals surface area contributed by atoms with E-state index >= 15 is 0 Å². The molecule has 0 radical (unpaired) electrons. The van der Waals surface area contributed by atoms with Crippen molar-refractivity contribution in [1.29, 1.82) is 0 Å². The summed E-state index contributed by atoms with van der Waals surface area (Å²) in [5, 5.41) is 0. The molecule has 0 saturated heterocycles. The van der Waals surface area contributed by atoms with Gasteiger partial charge in [0.2, 0.25) is 0 Å².